The zero-order valence-electron chi connectivity index (χ0n) is 10.0. The fraction of sp³-hybridized carbons (Fsp3) is 0. The van der Waals surface area contributed by atoms with Gasteiger partial charge in [-0.2, -0.15) is 0 Å². The molecule has 1 amide bonds. The SMILES string of the molecule is O=C(Nc1ccc(I)cc1)c1snnc1-c1cccs1. The van der Waals surface area contributed by atoms with Crippen LogP contribution in [0.15, 0.2) is 41.8 Å². The summed E-state index contributed by atoms with van der Waals surface area (Å²) in [7, 11) is 0. The lowest BCUT2D eigenvalue weighted by molar-refractivity contribution is 0.103. The van der Waals surface area contributed by atoms with Crippen molar-refractivity contribution in [1.29, 1.82) is 0 Å². The molecule has 0 bridgehead atoms. The zero-order chi connectivity index (χ0) is 13.9. The van der Waals surface area contributed by atoms with Crippen LogP contribution in [0.1, 0.15) is 9.67 Å². The van der Waals surface area contributed by atoms with E-state index in [1.165, 1.54) is 0 Å². The van der Waals surface area contributed by atoms with E-state index in [9.17, 15) is 4.79 Å². The standard InChI is InChI=1S/C13H8IN3OS2/c14-8-3-5-9(6-4-8)15-13(18)12-11(16-17-20-12)10-2-1-7-19-10/h1-7H,(H,15,18). The molecule has 0 atom stereocenters. The van der Waals surface area contributed by atoms with E-state index in [0.29, 0.717) is 10.6 Å². The van der Waals surface area contributed by atoms with Crippen LogP contribution in [-0.4, -0.2) is 15.5 Å². The molecule has 7 heteroatoms. The van der Waals surface area contributed by atoms with Crippen LogP contribution >= 0.6 is 45.5 Å². The number of nitrogens with one attached hydrogen (secondary N) is 1. The maximum absolute atomic E-state index is 12.3. The van der Waals surface area contributed by atoms with Gasteiger partial charge >= 0.3 is 0 Å². The Bertz CT molecular complexity index is 722. The molecule has 0 aliphatic heterocycles. The van der Waals surface area contributed by atoms with E-state index in [-0.39, 0.29) is 5.91 Å². The maximum Gasteiger partial charge on any atom is 0.269 e. The van der Waals surface area contributed by atoms with Gasteiger partial charge in [-0.1, -0.05) is 10.6 Å². The van der Waals surface area contributed by atoms with E-state index in [2.05, 4.69) is 37.5 Å². The number of benzene rings is 1. The molecular formula is C13H8IN3OS2. The summed E-state index contributed by atoms with van der Waals surface area (Å²) in [6.07, 6.45) is 0. The van der Waals surface area contributed by atoms with Gasteiger partial charge in [0.2, 0.25) is 0 Å². The molecule has 20 heavy (non-hydrogen) atoms. The van der Waals surface area contributed by atoms with E-state index in [1.54, 1.807) is 11.3 Å². The molecule has 0 spiro atoms. The number of aromatic nitrogens is 2. The second kappa shape index (κ2) is 5.98. The third kappa shape index (κ3) is 2.89. The van der Waals surface area contributed by atoms with Gasteiger partial charge in [0.05, 0.1) is 4.88 Å². The molecule has 1 aromatic carbocycles. The first-order valence-electron chi connectivity index (χ1n) is 5.67. The van der Waals surface area contributed by atoms with Gasteiger partial charge < -0.3 is 5.32 Å². The van der Waals surface area contributed by atoms with Crippen molar-refractivity contribution >= 4 is 57.1 Å². The molecule has 4 nitrogen and oxygen atoms in total. The van der Waals surface area contributed by atoms with E-state index < -0.39 is 0 Å². The number of amides is 1. The Morgan fingerprint density at radius 1 is 1.20 bits per heavy atom. The van der Waals surface area contributed by atoms with E-state index >= 15 is 0 Å². The van der Waals surface area contributed by atoms with Crippen LogP contribution in [0.25, 0.3) is 10.6 Å². The number of nitrogens with zero attached hydrogens (tertiary/aromatic N) is 2. The number of hydrogen-bond acceptors (Lipinski definition) is 5. The Hall–Kier alpha value is -1.32. The minimum absolute atomic E-state index is 0.176. The Morgan fingerprint density at radius 3 is 2.70 bits per heavy atom. The third-order valence-electron chi connectivity index (χ3n) is 2.55. The van der Waals surface area contributed by atoms with E-state index in [4.69, 9.17) is 0 Å². The van der Waals surface area contributed by atoms with Crippen LogP contribution in [0.2, 0.25) is 0 Å². The van der Waals surface area contributed by atoms with Crippen LogP contribution in [0, 0.1) is 3.57 Å². The molecule has 0 unspecified atom stereocenters. The number of rotatable bonds is 3. The molecule has 3 aromatic rings. The molecule has 0 aliphatic rings. The number of carbonyl (C=O) groups excluding carboxylic acids is 1. The van der Waals surface area contributed by atoms with Crippen molar-refractivity contribution in [2.75, 3.05) is 5.32 Å². The number of halogens is 1. The van der Waals surface area contributed by atoms with Crippen LogP contribution in [0.3, 0.4) is 0 Å². The highest BCUT2D eigenvalue weighted by atomic mass is 127. The first kappa shape index (κ1) is 13.7. The predicted octanol–water partition coefficient (Wildman–Crippen LogP) is 4.12. The molecule has 0 fully saturated rings. The van der Waals surface area contributed by atoms with Gasteiger partial charge in [0, 0.05) is 9.26 Å². The first-order valence-corrected chi connectivity index (χ1v) is 8.40. The summed E-state index contributed by atoms with van der Waals surface area (Å²) in [5.74, 6) is -0.176. The van der Waals surface area contributed by atoms with Crippen LogP contribution in [0.5, 0.6) is 0 Å². The molecule has 100 valence electrons. The van der Waals surface area contributed by atoms with Crippen molar-refractivity contribution in [1.82, 2.24) is 9.59 Å². The van der Waals surface area contributed by atoms with Crippen LogP contribution in [-0.2, 0) is 0 Å². The lowest BCUT2D eigenvalue weighted by Gasteiger charge is -2.04. The molecule has 2 heterocycles. The van der Waals surface area contributed by atoms with Gasteiger partial charge in [0.1, 0.15) is 10.6 Å². The average molecular weight is 413 g/mol. The minimum atomic E-state index is -0.176. The van der Waals surface area contributed by atoms with E-state index in [1.807, 2.05) is 41.8 Å². The molecule has 2 aromatic heterocycles. The van der Waals surface area contributed by atoms with Crippen molar-refractivity contribution in [2.45, 2.75) is 0 Å². The van der Waals surface area contributed by atoms with Gasteiger partial charge in [0.15, 0.2) is 0 Å². The van der Waals surface area contributed by atoms with Gasteiger partial charge in [-0.25, -0.2) is 0 Å². The lowest BCUT2D eigenvalue weighted by Crippen LogP contribution is -2.11. The number of carbonyl (C=O) groups is 1. The zero-order valence-corrected chi connectivity index (χ0v) is 13.8. The average Bonchev–Trinajstić information content (AvgIpc) is 3.11. The van der Waals surface area contributed by atoms with Crippen molar-refractivity contribution in [3.05, 3.63) is 50.2 Å². The highest BCUT2D eigenvalue weighted by Crippen LogP contribution is 2.28. The molecule has 0 radical (unpaired) electrons. The topological polar surface area (TPSA) is 54.9 Å². The lowest BCUT2D eigenvalue weighted by atomic mass is 10.2. The van der Waals surface area contributed by atoms with Gasteiger partial charge in [-0.3, -0.25) is 4.79 Å². The minimum Gasteiger partial charge on any atom is -0.321 e. The Kier molecular flexibility index (Phi) is 4.08. The molecule has 0 saturated carbocycles. The summed E-state index contributed by atoms with van der Waals surface area (Å²) < 4.78 is 5.02. The van der Waals surface area contributed by atoms with E-state index in [0.717, 1.165) is 25.7 Å². The molecule has 0 aliphatic carbocycles. The fourth-order valence-corrected chi connectivity index (χ4v) is 3.35. The summed E-state index contributed by atoms with van der Waals surface area (Å²) in [4.78, 5) is 13.8. The Labute approximate surface area is 137 Å². The van der Waals surface area contributed by atoms with Gasteiger partial charge in [0.25, 0.3) is 5.91 Å². The largest absolute Gasteiger partial charge is 0.321 e. The number of anilines is 1. The highest BCUT2D eigenvalue weighted by Gasteiger charge is 2.18. The maximum atomic E-state index is 12.3. The van der Waals surface area contributed by atoms with Crippen molar-refractivity contribution in [3.63, 3.8) is 0 Å². The second-order valence-corrected chi connectivity index (χ2v) is 6.84. The molecule has 3 rings (SSSR count). The first-order chi connectivity index (χ1) is 9.74. The Morgan fingerprint density at radius 2 is 2.00 bits per heavy atom. The molecule has 0 saturated heterocycles. The summed E-state index contributed by atoms with van der Waals surface area (Å²) in [5.41, 5.74) is 1.41. The highest BCUT2D eigenvalue weighted by molar-refractivity contribution is 14.1. The Balaban J connectivity index is 1.85. The summed E-state index contributed by atoms with van der Waals surface area (Å²) in [6, 6.07) is 11.5. The van der Waals surface area contributed by atoms with Crippen molar-refractivity contribution < 1.29 is 4.79 Å². The summed E-state index contributed by atoms with van der Waals surface area (Å²) in [6.45, 7) is 0. The molecule has 1 N–H and O–H groups in total. The predicted molar refractivity (Wildman–Crippen MR) is 90.3 cm³/mol. The number of thiophene rings is 1. The summed E-state index contributed by atoms with van der Waals surface area (Å²) >= 11 is 4.88. The molecular weight excluding hydrogens is 405 g/mol. The monoisotopic (exact) mass is 413 g/mol. The normalized spacial score (nSPS) is 10.4. The van der Waals surface area contributed by atoms with Crippen molar-refractivity contribution in [2.24, 2.45) is 0 Å². The van der Waals surface area contributed by atoms with Crippen LogP contribution < -0.4 is 5.32 Å². The number of hydrogen-bond donors (Lipinski definition) is 1. The van der Waals surface area contributed by atoms with Gasteiger partial charge in [-0.05, 0) is 69.8 Å². The quantitative estimate of drug-likeness (QED) is 0.658. The third-order valence-corrected chi connectivity index (χ3v) is 4.87. The summed E-state index contributed by atoms with van der Waals surface area (Å²) in [5, 5.41) is 8.87. The fourth-order valence-electron chi connectivity index (χ4n) is 1.64. The van der Waals surface area contributed by atoms with Crippen LogP contribution in [0.4, 0.5) is 5.69 Å². The second-order valence-electron chi connectivity index (χ2n) is 3.89. The van der Waals surface area contributed by atoms with Gasteiger partial charge in [-0.15, -0.1) is 16.4 Å². The smallest absolute Gasteiger partial charge is 0.269 e. The van der Waals surface area contributed by atoms with Crippen molar-refractivity contribution in [3.8, 4) is 10.6 Å².